The summed E-state index contributed by atoms with van der Waals surface area (Å²) in [6, 6.07) is 0. The van der Waals surface area contributed by atoms with E-state index in [1.54, 1.807) is 0 Å². The van der Waals surface area contributed by atoms with Crippen LogP contribution in [0, 0.1) is 5.92 Å². The van der Waals surface area contributed by atoms with E-state index in [-0.39, 0.29) is 5.54 Å². The zero-order valence-electron chi connectivity index (χ0n) is 11.8. The predicted molar refractivity (Wildman–Crippen MR) is 74.2 cm³/mol. The number of amides is 1. The Morgan fingerprint density at radius 1 is 1.22 bits per heavy atom. The number of nitrogens with zero attached hydrogens (tertiary/aromatic N) is 1. The number of carbonyl (C=O) groups excluding carboxylic acids is 1. The molecule has 18 heavy (non-hydrogen) atoms. The van der Waals surface area contributed by atoms with Gasteiger partial charge in [0.15, 0.2) is 0 Å². The molecule has 1 saturated carbocycles. The molecule has 0 aromatic heterocycles. The van der Waals surface area contributed by atoms with Gasteiger partial charge in [0.25, 0.3) is 0 Å². The molecular formula is C15H28N2O. The third kappa shape index (κ3) is 3.47. The lowest BCUT2D eigenvalue weighted by molar-refractivity contribution is -0.132. The Labute approximate surface area is 111 Å². The first-order valence-corrected chi connectivity index (χ1v) is 7.69. The summed E-state index contributed by atoms with van der Waals surface area (Å²) in [6.07, 6.45) is 9.92. The molecular weight excluding hydrogens is 224 g/mol. The van der Waals surface area contributed by atoms with E-state index in [1.807, 2.05) is 0 Å². The van der Waals surface area contributed by atoms with Crippen LogP contribution in [0.5, 0.6) is 0 Å². The first kappa shape index (κ1) is 13.9. The summed E-state index contributed by atoms with van der Waals surface area (Å²) in [5.74, 6) is 1.12. The Bertz CT molecular complexity index is 284. The van der Waals surface area contributed by atoms with Gasteiger partial charge in [-0.1, -0.05) is 26.2 Å². The maximum Gasteiger partial charge on any atom is 0.224 e. The quantitative estimate of drug-likeness (QED) is 0.839. The Balaban J connectivity index is 1.85. The van der Waals surface area contributed by atoms with Gasteiger partial charge in [0.05, 0.1) is 0 Å². The van der Waals surface area contributed by atoms with E-state index in [4.69, 9.17) is 5.73 Å². The van der Waals surface area contributed by atoms with Crippen LogP contribution in [0.4, 0.5) is 0 Å². The molecule has 0 aromatic carbocycles. The van der Waals surface area contributed by atoms with Gasteiger partial charge < -0.3 is 10.6 Å². The van der Waals surface area contributed by atoms with Gasteiger partial charge in [0, 0.05) is 25.0 Å². The number of hydrogen-bond acceptors (Lipinski definition) is 2. The van der Waals surface area contributed by atoms with Gasteiger partial charge >= 0.3 is 0 Å². The summed E-state index contributed by atoms with van der Waals surface area (Å²) in [7, 11) is 0. The molecule has 3 heteroatoms. The highest BCUT2D eigenvalue weighted by Gasteiger charge is 2.33. The van der Waals surface area contributed by atoms with Crippen LogP contribution in [-0.4, -0.2) is 29.4 Å². The lowest BCUT2D eigenvalue weighted by atomic mass is 9.94. The maximum absolute atomic E-state index is 12.4. The Morgan fingerprint density at radius 2 is 1.94 bits per heavy atom. The largest absolute Gasteiger partial charge is 0.343 e. The molecule has 2 rings (SSSR count). The number of nitrogens with two attached hydrogens (primary N) is 1. The van der Waals surface area contributed by atoms with Crippen LogP contribution in [-0.2, 0) is 4.79 Å². The van der Waals surface area contributed by atoms with E-state index in [0.29, 0.717) is 12.3 Å². The third-order valence-electron chi connectivity index (χ3n) is 4.88. The van der Waals surface area contributed by atoms with Gasteiger partial charge in [-0.05, 0) is 38.0 Å². The lowest BCUT2D eigenvalue weighted by Crippen LogP contribution is -2.44. The van der Waals surface area contributed by atoms with Crippen LogP contribution in [0.3, 0.4) is 0 Å². The van der Waals surface area contributed by atoms with E-state index in [2.05, 4.69) is 11.8 Å². The van der Waals surface area contributed by atoms with Crippen molar-refractivity contribution in [2.75, 3.05) is 13.1 Å². The molecule has 2 N–H and O–H groups in total. The highest BCUT2D eigenvalue weighted by molar-refractivity contribution is 5.77. The van der Waals surface area contributed by atoms with Gasteiger partial charge in [0.2, 0.25) is 5.91 Å². The van der Waals surface area contributed by atoms with Crippen LogP contribution in [0.25, 0.3) is 0 Å². The van der Waals surface area contributed by atoms with E-state index >= 15 is 0 Å². The number of rotatable bonds is 3. The summed E-state index contributed by atoms with van der Waals surface area (Å²) in [6.45, 7) is 4.16. The average molecular weight is 252 g/mol. The van der Waals surface area contributed by atoms with E-state index in [1.165, 1.54) is 38.5 Å². The zero-order chi connectivity index (χ0) is 13.0. The van der Waals surface area contributed by atoms with Gasteiger partial charge in [-0.25, -0.2) is 0 Å². The first-order valence-electron chi connectivity index (χ1n) is 7.69. The fourth-order valence-electron chi connectivity index (χ4n) is 3.49. The van der Waals surface area contributed by atoms with Crippen molar-refractivity contribution in [2.45, 2.75) is 70.3 Å². The summed E-state index contributed by atoms with van der Waals surface area (Å²) < 4.78 is 0. The zero-order valence-corrected chi connectivity index (χ0v) is 11.8. The Kier molecular flexibility index (Phi) is 4.66. The molecule has 1 amide bonds. The Hall–Kier alpha value is -0.570. The SMILES string of the molecule is CCC1CCCN(C(=O)CC2(N)CCCC2)CC1. The minimum Gasteiger partial charge on any atom is -0.343 e. The Morgan fingerprint density at radius 3 is 2.61 bits per heavy atom. The fourth-order valence-corrected chi connectivity index (χ4v) is 3.49. The van der Waals surface area contributed by atoms with E-state index in [0.717, 1.165) is 31.8 Å². The molecule has 0 bridgehead atoms. The topological polar surface area (TPSA) is 46.3 Å². The van der Waals surface area contributed by atoms with Crippen LogP contribution >= 0.6 is 0 Å². The van der Waals surface area contributed by atoms with Crippen LogP contribution < -0.4 is 5.73 Å². The van der Waals surface area contributed by atoms with Crippen LogP contribution in [0.1, 0.15) is 64.7 Å². The van der Waals surface area contributed by atoms with Crippen molar-refractivity contribution in [1.82, 2.24) is 4.90 Å². The molecule has 0 aromatic rings. The summed E-state index contributed by atoms with van der Waals surface area (Å²) in [4.78, 5) is 14.4. The van der Waals surface area contributed by atoms with Crippen molar-refractivity contribution >= 4 is 5.91 Å². The third-order valence-corrected chi connectivity index (χ3v) is 4.88. The van der Waals surface area contributed by atoms with Gasteiger partial charge in [0.1, 0.15) is 0 Å². The van der Waals surface area contributed by atoms with Gasteiger partial charge in [-0.3, -0.25) is 4.79 Å². The summed E-state index contributed by atoms with van der Waals surface area (Å²) >= 11 is 0. The number of hydrogen-bond donors (Lipinski definition) is 1. The normalized spacial score (nSPS) is 28.1. The standard InChI is InChI=1S/C15H28N2O/c1-2-13-6-5-10-17(11-7-13)14(18)12-15(16)8-3-4-9-15/h13H,2-12,16H2,1H3. The molecule has 1 aliphatic heterocycles. The molecule has 1 heterocycles. The van der Waals surface area contributed by atoms with Crippen molar-refractivity contribution in [3.8, 4) is 0 Å². The van der Waals surface area contributed by atoms with Crippen LogP contribution in [0.15, 0.2) is 0 Å². The molecule has 0 spiro atoms. The molecule has 104 valence electrons. The lowest BCUT2D eigenvalue weighted by Gasteiger charge is -2.28. The van der Waals surface area contributed by atoms with Crippen molar-refractivity contribution in [1.29, 1.82) is 0 Å². The second-order valence-corrected chi connectivity index (χ2v) is 6.33. The monoisotopic (exact) mass is 252 g/mol. The summed E-state index contributed by atoms with van der Waals surface area (Å²) in [5.41, 5.74) is 6.12. The van der Waals surface area contributed by atoms with E-state index < -0.39 is 0 Å². The van der Waals surface area contributed by atoms with Crippen molar-refractivity contribution in [2.24, 2.45) is 11.7 Å². The van der Waals surface area contributed by atoms with Gasteiger partial charge in [-0.2, -0.15) is 0 Å². The van der Waals surface area contributed by atoms with Gasteiger partial charge in [-0.15, -0.1) is 0 Å². The predicted octanol–water partition coefficient (Wildman–Crippen LogP) is 2.69. The molecule has 1 aliphatic carbocycles. The smallest absolute Gasteiger partial charge is 0.224 e. The molecule has 3 nitrogen and oxygen atoms in total. The average Bonchev–Trinajstić information content (AvgIpc) is 2.65. The van der Waals surface area contributed by atoms with E-state index in [9.17, 15) is 4.79 Å². The second-order valence-electron chi connectivity index (χ2n) is 6.33. The highest BCUT2D eigenvalue weighted by atomic mass is 16.2. The minimum atomic E-state index is -0.187. The van der Waals surface area contributed by atoms with Crippen molar-refractivity contribution in [3.63, 3.8) is 0 Å². The molecule has 2 fully saturated rings. The number of likely N-dealkylation sites (tertiary alicyclic amines) is 1. The maximum atomic E-state index is 12.4. The van der Waals surface area contributed by atoms with Crippen LogP contribution in [0.2, 0.25) is 0 Å². The highest BCUT2D eigenvalue weighted by Crippen LogP contribution is 2.31. The molecule has 1 saturated heterocycles. The molecule has 1 unspecified atom stereocenters. The molecule has 0 radical (unpaired) electrons. The second kappa shape index (κ2) is 6.05. The molecule has 1 atom stereocenters. The first-order chi connectivity index (χ1) is 8.63. The number of carbonyl (C=O) groups is 1. The van der Waals surface area contributed by atoms with Crippen molar-refractivity contribution < 1.29 is 4.79 Å². The fraction of sp³-hybridized carbons (Fsp3) is 0.933. The van der Waals surface area contributed by atoms with Crippen molar-refractivity contribution in [3.05, 3.63) is 0 Å². The minimum absolute atomic E-state index is 0.187. The molecule has 2 aliphatic rings. The summed E-state index contributed by atoms with van der Waals surface area (Å²) in [5, 5.41) is 0.